The van der Waals surface area contributed by atoms with Crippen molar-refractivity contribution in [1.82, 2.24) is 9.97 Å². The van der Waals surface area contributed by atoms with E-state index in [4.69, 9.17) is 5.11 Å². The van der Waals surface area contributed by atoms with E-state index >= 15 is 0 Å². The van der Waals surface area contributed by atoms with Gasteiger partial charge in [-0.05, 0) is 6.26 Å². The molecule has 0 fully saturated rings. The van der Waals surface area contributed by atoms with Crippen molar-refractivity contribution in [2.24, 2.45) is 0 Å². The summed E-state index contributed by atoms with van der Waals surface area (Å²) >= 11 is 1.33. The topological polar surface area (TPSA) is 92.2 Å². The van der Waals surface area contributed by atoms with E-state index in [2.05, 4.69) is 15.3 Å². The molecule has 0 spiro atoms. The van der Waals surface area contributed by atoms with Gasteiger partial charge in [0.2, 0.25) is 0 Å². The van der Waals surface area contributed by atoms with E-state index in [1.807, 2.05) is 0 Å². The minimum Gasteiger partial charge on any atom is -0.480 e. The highest BCUT2D eigenvalue weighted by atomic mass is 32.2. The molecule has 0 saturated carbocycles. The number of hydrogen-bond donors (Lipinski definition) is 2. The lowest BCUT2D eigenvalue weighted by Gasteiger charge is -2.21. The number of thioether (sulfide) groups is 1. The van der Waals surface area contributed by atoms with Crippen LogP contribution in [0.1, 0.15) is 16.8 Å². The summed E-state index contributed by atoms with van der Waals surface area (Å²) in [6.45, 7) is 0. The summed E-state index contributed by atoms with van der Waals surface area (Å²) < 4.78 is 0. The second kappa shape index (κ2) is 4.09. The average Bonchev–Trinajstić information content (AvgIpc) is 2.28. The number of carbonyl (C=O) groups excluding carboxylic acids is 1. The lowest BCUT2D eigenvalue weighted by atomic mass is 10.0. The van der Waals surface area contributed by atoms with Gasteiger partial charge >= 0.3 is 5.97 Å². The largest absolute Gasteiger partial charge is 0.480 e. The summed E-state index contributed by atoms with van der Waals surface area (Å²) in [5.41, 5.74) is 0.357. The van der Waals surface area contributed by atoms with Crippen LogP contribution in [0.2, 0.25) is 0 Å². The van der Waals surface area contributed by atoms with Crippen LogP contribution in [0.4, 0.5) is 5.82 Å². The van der Waals surface area contributed by atoms with E-state index in [0.717, 1.165) is 0 Å². The van der Waals surface area contributed by atoms with Crippen molar-refractivity contribution in [3.63, 3.8) is 0 Å². The summed E-state index contributed by atoms with van der Waals surface area (Å²) in [4.78, 5) is 30.5. The number of fused-ring (bicyclic) bond motifs is 1. The molecule has 0 aromatic carbocycles. The summed E-state index contributed by atoms with van der Waals surface area (Å²) in [7, 11) is 0. The molecule has 84 valence electrons. The van der Waals surface area contributed by atoms with Gasteiger partial charge in [-0.1, -0.05) is 11.8 Å². The molecule has 0 saturated heterocycles. The van der Waals surface area contributed by atoms with Gasteiger partial charge in [-0.2, -0.15) is 0 Å². The van der Waals surface area contributed by atoms with Gasteiger partial charge in [0.05, 0.1) is 5.56 Å². The molecule has 2 rings (SSSR count). The van der Waals surface area contributed by atoms with E-state index in [1.54, 1.807) is 6.26 Å². The molecule has 2 heterocycles. The summed E-state index contributed by atoms with van der Waals surface area (Å²) in [5, 5.41) is 12.1. The molecule has 0 radical (unpaired) electrons. The average molecular weight is 239 g/mol. The van der Waals surface area contributed by atoms with Gasteiger partial charge in [0.1, 0.15) is 11.9 Å². The number of carboxylic acid groups (broad SMARTS) is 1. The number of anilines is 1. The maximum atomic E-state index is 11.6. The Balaban J connectivity index is 2.39. The lowest BCUT2D eigenvalue weighted by Crippen LogP contribution is -2.36. The zero-order valence-corrected chi connectivity index (χ0v) is 9.24. The van der Waals surface area contributed by atoms with Crippen molar-refractivity contribution in [1.29, 1.82) is 0 Å². The van der Waals surface area contributed by atoms with Crippen LogP contribution in [-0.4, -0.2) is 39.1 Å². The van der Waals surface area contributed by atoms with Crippen LogP contribution >= 0.6 is 11.8 Å². The van der Waals surface area contributed by atoms with Crippen molar-refractivity contribution in [3.8, 4) is 0 Å². The van der Waals surface area contributed by atoms with Gasteiger partial charge in [-0.25, -0.2) is 14.8 Å². The molecule has 16 heavy (non-hydrogen) atoms. The zero-order chi connectivity index (χ0) is 11.7. The van der Waals surface area contributed by atoms with Crippen LogP contribution in [0, 0.1) is 0 Å². The Morgan fingerprint density at radius 1 is 1.69 bits per heavy atom. The van der Waals surface area contributed by atoms with Crippen LogP contribution in [-0.2, 0) is 4.79 Å². The molecule has 1 aliphatic heterocycles. The lowest BCUT2D eigenvalue weighted by molar-refractivity contribution is -0.137. The van der Waals surface area contributed by atoms with Crippen LogP contribution in [0.15, 0.2) is 11.4 Å². The highest BCUT2D eigenvalue weighted by molar-refractivity contribution is 7.98. The van der Waals surface area contributed by atoms with Gasteiger partial charge in [0.15, 0.2) is 10.9 Å². The number of ketones is 1. The Morgan fingerprint density at radius 2 is 2.44 bits per heavy atom. The van der Waals surface area contributed by atoms with Crippen LogP contribution in [0.25, 0.3) is 0 Å². The summed E-state index contributed by atoms with van der Waals surface area (Å²) in [5.74, 6) is -0.986. The number of aromatic nitrogens is 2. The zero-order valence-electron chi connectivity index (χ0n) is 8.43. The fourth-order valence-electron chi connectivity index (χ4n) is 1.44. The molecule has 1 atom stereocenters. The van der Waals surface area contributed by atoms with Crippen molar-refractivity contribution >= 4 is 29.3 Å². The minimum atomic E-state index is -1.05. The van der Waals surface area contributed by atoms with E-state index in [9.17, 15) is 9.59 Å². The second-order valence-corrected chi connectivity index (χ2v) is 4.05. The highest BCUT2D eigenvalue weighted by Gasteiger charge is 2.30. The van der Waals surface area contributed by atoms with Crippen molar-refractivity contribution in [2.45, 2.75) is 17.6 Å². The standard InChI is InChI=1S/C9H9N3O3S/c1-16-9-10-3-4-6(13)2-5(8(14)15)11-7(4)12-9/h3,5H,2H2,1H3,(H,14,15)(H,10,11,12). The molecule has 1 unspecified atom stereocenters. The van der Waals surface area contributed by atoms with Gasteiger partial charge < -0.3 is 10.4 Å². The van der Waals surface area contributed by atoms with E-state index in [0.29, 0.717) is 16.5 Å². The molecular formula is C9H9N3O3S. The number of Topliss-reactive ketones (excluding diaryl/α,β-unsaturated/α-hetero) is 1. The predicted octanol–water partition coefficient (Wildman–Crippen LogP) is 0.650. The smallest absolute Gasteiger partial charge is 0.326 e. The number of aliphatic carboxylic acids is 1. The first-order valence-corrected chi connectivity index (χ1v) is 5.78. The Bertz CT molecular complexity index is 463. The third kappa shape index (κ3) is 1.85. The molecule has 1 aliphatic rings. The number of carboxylic acids is 1. The SMILES string of the molecule is CSc1ncc2c(n1)NC(C(=O)O)CC2=O. The van der Waals surface area contributed by atoms with E-state index in [-0.39, 0.29) is 12.2 Å². The van der Waals surface area contributed by atoms with Gasteiger partial charge in [-0.3, -0.25) is 4.79 Å². The second-order valence-electron chi connectivity index (χ2n) is 3.28. The molecule has 6 nitrogen and oxygen atoms in total. The van der Waals surface area contributed by atoms with Gasteiger partial charge in [0.25, 0.3) is 0 Å². The summed E-state index contributed by atoms with van der Waals surface area (Å²) in [6, 6.07) is -0.899. The molecule has 0 amide bonds. The van der Waals surface area contributed by atoms with Crippen molar-refractivity contribution in [3.05, 3.63) is 11.8 Å². The van der Waals surface area contributed by atoms with Gasteiger partial charge in [0, 0.05) is 12.6 Å². The first kappa shape index (κ1) is 10.9. The first-order valence-electron chi connectivity index (χ1n) is 4.55. The normalized spacial score (nSPS) is 18.8. The summed E-state index contributed by atoms with van der Waals surface area (Å²) in [6.07, 6.45) is 3.17. The number of nitrogens with one attached hydrogen (secondary N) is 1. The molecule has 2 N–H and O–H groups in total. The van der Waals surface area contributed by atoms with Crippen LogP contribution < -0.4 is 5.32 Å². The quantitative estimate of drug-likeness (QED) is 0.578. The molecule has 7 heteroatoms. The number of nitrogens with zero attached hydrogens (tertiary/aromatic N) is 2. The highest BCUT2D eigenvalue weighted by Crippen LogP contribution is 2.24. The third-order valence-electron chi connectivity index (χ3n) is 2.25. The van der Waals surface area contributed by atoms with E-state index in [1.165, 1.54) is 18.0 Å². The Kier molecular flexibility index (Phi) is 2.78. The first-order chi connectivity index (χ1) is 7.61. The molecule has 0 bridgehead atoms. The maximum absolute atomic E-state index is 11.6. The number of carbonyl (C=O) groups is 2. The Morgan fingerprint density at radius 3 is 3.06 bits per heavy atom. The molecular weight excluding hydrogens is 230 g/mol. The molecule has 0 aliphatic carbocycles. The minimum absolute atomic E-state index is 0.0652. The van der Waals surface area contributed by atoms with E-state index < -0.39 is 12.0 Å². The fourth-order valence-corrected chi connectivity index (χ4v) is 1.78. The maximum Gasteiger partial charge on any atom is 0.326 e. The monoisotopic (exact) mass is 239 g/mol. The predicted molar refractivity (Wildman–Crippen MR) is 57.8 cm³/mol. The number of hydrogen-bond acceptors (Lipinski definition) is 6. The van der Waals surface area contributed by atoms with Gasteiger partial charge in [-0.15, -0.1) is 0 Å². The van der Waals surface area contributed by atoms with Crippen LogP contribution in [0.5, 0.6) is 0 Å². The molecule has 1 aromatic rings. The molecule has 1 aromatic heterocycles. The Labute approximate surface area is 95.5 Å². The number of rotatable bonds is 2. The fraction of sp³-hybridized carbons (Fsp3) is 0.333. The Hall–Kier alpha value is -1.63. The third-order valence-corrected chi connectivity index (χ3v) is 2.81. The van der Waals surface area contributed by atoms with Crippen LogP contribution in [0.3, 0.4) is 0 Å². The van der Waals surface area contributed by atoms with Crippen molar-refractivity contribution < 1.29 is 14.7 Å². The van der Waals surface area contributed by atoms with Crippen molar-refractivity contribution in [2.75, 3.05) is 11.6 Å².